The van der Waals surface area contributed by atoms with Crippen LogP contribution in [0.3, 0.4) is 0 Å². The number of nitrogens with one attached hydrogen (secondary N) is 1. The molecule has 3 aromatic rings. The summed E-state index contributed by atoms with van der Waals surface area (Å²) in [7, 11) is 0. The van der Waals surface area contributed by atoms with Crippen LogP contribution >= 0.6 is 23.1 Å². The number of hydrogen-bond donors (Lipinski definition) is 1. The summed E-state index contributed by atoms with van der Waals surface area (Å²) in [5.41, 5.74) is 1.48. The number of halogens is 1. The number of nitrogens with zero attached hydrogens (tertiary/aromatic N) is 4. The highest BCUT2D eigenvalue weighted by atomic mass is 32.2. The topological polar surface area (TPSA) is 99.0 Å². The number of esters is 1. The summed E-state index contributed by atoms with van der Waals surface area (Å²) < 4.78 is 20.1. The SMILES string of the molecule is CCOC(=O)c1c(-c2ccc(F)cc2)csc1NC(=O)CSc1nnnn1C(C)C. The van der Waals surface area contributed by atoms with E-state index < -0.39 is 5.97 Å². The summed E-state index contributed by atoms with van der Waals surface area (Å²) >= 11 is 2.41. The van der Waals surface area contributed by atoms with Crippen LogP contribution in [0.25, 0.3) is 11.1 Å². The summed E-state index contributed by atoms with van der Waals surface area (Å²) in [4.78, 5) is 25.1. The third-order valence-electron chi connectivity index (χ3n) is 3.96. The number of aromatic nitrogens is 4. The molecule has 1 N–H and O–H groups in total. The van der Waals surface area contributed by atoms with Crippen LogP contribution < -0.4 is 5.32 Å². The van der Waals surface area contributed by atoms with Gasteiger partial charge in [-0.1, -0.05) is 23.9 Å². The molecule has 0 aliphatic carbocycles. The average Bonchev–Trinajstić information content (AvgIpc) is 3.34. The lowest BCUT2D eigenvalue weighted by Crippen LogP contribution is -2.17. The molecular formula is C19H20FN5O3S2. The Morgan fingerprint density at radius 2 is 2.03 bits per heavy atom. The van der Waals surface area contributed by atoms with E-state index in [1.54, 1.807) is 29.1 Å². The maximum Gasteiger partial charge on any atom is 0.341 e. The van der Waals surface area contributed by atoms with Crippen LogP contribution in [0.15, 0.2) is 34.8 Å². The van der Waals surface area contributed by atoms with Crippen LogP contribution in [0.4, 0.5) is 9.39 Å². The molecule has 1 amide bonds. The number of anilines is 1. The number of rotatable bonds is 8. The molecule has 2 heterocycles. The quantitative estimate of drug-likeness (QED) is 0.409. The first-order valence-corrected chi connectivity index (χ1v) is 11.0. The third kappa shape index (κ3) is 5.03. The minimum Gasteiger partial charge on any atom is -0.462 e. The Morgan fingerprint density at radius 3 is 2.70 bits per heavy atom. The van der Waals surface area contributed by atoms with Crippen LogP contribution in [0.5, 0.6) is 0 Å². The van der Waals surface area contributed by atoms with Crippen molar-refractivity contribution in [1.29, 1.82) is 0 Å². The van der Waals surface area contributed by atoms with Crippen molar-refractivity contribution in [3.63, 3.8) is 0 Å². The summed E-state index contributed by atoms with van der Waals surface area (Å²) in [5, 5.41) is 16.9. The molecule has 158 valence electrons. The Balaban J connectivity index is 1.79. The molecule has 0 saturated carbocycles. The van der Waals surface area contributed by atoms with Crippen molar-refractivity contribution < 1.29 is 18.7 Å². The van der Waals surface area contributed by atoms with E-state index in [0.717, 1.165) is 0 Å². The number of thiophene rings is 1. The van der Waals surface area contributed by atoms with Gasteiger partial charge in [0.15, 0.2) is 0 Å². The molecule has 0 fully saturated rings. The molecular weight excluding hydrogens is 429 g/mol. The van der Waals surface area contributed by atoms with Crippen LogP contribution in [0, 0.1) is 5.82 Å². The van der Waals surface area contributed by atoms with Gasteiger partial charge in [0, 0.05) is 10.9 Å². The number of tetrazole rings is 1. The number of amides is 1. The second-order valence-corrected chi connectivity index (χ2v) is 8.24. The molecule has 0 spiro atoms. The number of carbonyl (C=O) groups is 2. The van der Waals surface area contributed by atoms with Crippen molar-refractivity contribution in [2.24, 2.45) is 0 Å². The monoisotopic (exact) mass is 449 g/mol. The van der Waals surface area contributed by atoms with Crippen LogP contribution in [0.2, 0.25) is 0 Å². The standard InChI is InChI=1S/C19H20FN5O3S2/c1-4-28-18(27)16-14(12-5-7-13(20)8-6-12)9-29-17(16)21-15(26)10-30-19-22-23-24-25(19)11(2)3/h5-9,11H,4,10H2,1-3H3,(H,21,26). The number of benzene rings is 1. The molecule has 1 aromatic carbocycles. The Bertz CT molecular complexity index is 1030. The first-order chi connectivity index (χ1) is 14.4. The zero-order valence-corrected chi connectivity index (χ0v) is 18.2. The fourth-order valence-corrected chi connectivity index (χ4v) is 4.37. The minimum atomic E-state index is -0.551. The summed E-state index contributed by atoms with van der Waals surface area (Å²) in [5.74, 6) is -1.17. The fourth-order valence-electron chi connectivity index (χ4n) is 2.60. The largest absolute Gasteiger partial charge is 0.462 e. The van der Waals surface area contributed by atoms with Crippen molar-refractivity contribution in [3.8, 4) is 11.1 Å². The molecule has 0 atom stereocenters. The Kier molecular flexibility index (Phi) is 7.16. The number of ether oxygens (including phenoxy) is 1. The lowest BCUT2D eigenvalue weighted by atomic mass is 10.0. The average molecular weight is 450 g/mol. The molecule has 0 radical (unpaired) electrons. The van der Waals surface area contributed by atoms with Gasteiger partial charge in [0.2, 0.25) is 11.1 Å². The van der Waals surface area contributed by atoms with E-state index in [1.807, 2.05) is 13.8 Å². The summed E-state index contributed by atoms with van der Waals surface area (Å²) in [6.07, 6.45) is 0. The zero-order valence-electron chi connectivity index (χ0n) is 16.6. The van der Waals surface area contributed by atoms with Gasteiger partial charge in [-0.3, -0.25) is 4.79 Å². The number of thioether (sulfide) groups is 1. The Hall–Kier alpha value is -2.79. The van der Waals surface area contributed by atoms with E-state index in [1.165, 1.54) is 35.2 Å². The maximum atomic E-state index is 13.3. The highest BCUT2D eigenvalue weighted by Gasteiger charge is 2.23. The molecule has 30 heavy (non-hydrogen) atoms. The van der Waals surface area contributed by atoms with Crippen LogP contribution in [-0.2, 0) is 9.53 Å². The molecule has 8 nitrogen and oxygen atoms in total. The maximum absolute atomic E-state index is 13.3. The fraction of sp³-hybridized carbons (Fsp3) is 0.316. The number of hydrogen-bond acceptors (Lipinski definition) is 8. The molecule has 0 aliphatic heterocycles. The van der Waals surface area contributed by atoms with E-state index in [0.29, 0.717) is 21.3 Å². The van der Waals surface area contributed by atoms with Gasteiger partial charge in [-0.25, -0.2) is 13.9 Å². The van der Waals surface area contributed by atoms with Crippen molar-refractivity contribution in [2.75, 3.05) is 17.7 Å². The second kappa shape index (κ2) is 9.81. The molecule has 0 unspecified atom stereocenters. The number of carbonyl (C=O) groups excluding carboxylic acids is 2. The van der Waals surface area contributed by atoms with E-state index >= 15 is 0 Å². The smallest absolute Gasteiger partial charge is 0.341 e. The third-order valence-corrected chi connectivity index (χ3v) is 5.79. The molecule has 3 rings (SSSR count). The Morgan fingerprint density at radius 1 is 1.30 bits per heavy atom. The zero-order chi connectivity index (χ0) is 21.7. The first-order valence-electron chi connectivity index (χ1n) is 9.15. The van der Waals surface area contributed by atoms with Crippen LogP contribution in [-0.4, -0.2) is 44.4 Å². The first kappa shape index (κ1) is 21.9. The van der Waals surface area contributed by atoms with Gasteiger partial charge < -0.3 is 10.1 Å². The van der Waals surface area contributed by atoms with Crippen molar-refractivity contribution in [2.45, 2.75) is 32.0 Å². The Labute approximate surface area is 180 Å². The van der Waals surface area contributed by atoms with Gasteiger partial charge in [0.05, 0.1) is 18.4 Å². The van der Waals surface area contributed by atoms with Crippen molar-refractivity contribution in [1.82, 2.24) is 20.2 Å². The van der Waals surface area contributed by atoms with Crippen LogP contribution in [0.1, 0.15) is 37.2 Å². The van der Waals surface area contributed by atoms with E-state index in [2.05, 4.69) is 20.8 Å². The summed E-state index contributed by atoms with van der Waals surface area (Å²) in [6.45, 7) is 5.78. The van der Waals surface area contributed by atoms with Gasteiger partial charge in [-0.05, 0) is 48.9 Å². The molecule has 0 bridgehead atoms. The van der Waals surface area contributed by atoms with E-state index in [9.17, 15) is 14.0 Å². The van der Waals surface area contributed by atoms with Gasteiger partial charge in [0.1, 0.15) is 16.4 Å². The van der Waals surface area contributed by atoms with Gasteiger partial charge in [0.25, 0.3) is 0 Å². The highest BCUT2D eigenvalue weighted by molar-refractivity contribution is 7.99. The summed E-state index contributed by atoms with van der Waals surface area (Å²) in [6, 6.07) is 5.85. The minimum absolute atomic E-state index is 0.0662. The highest BCUT2D eigenvalue weighted by Crippen LogP contribution is 2.36. The van der Waals surface area contributed by atoms with E-state index in [-0.39, 0.29) is 35.7 Å². The molecule has 11 heteroatoms. The van der Waals surface area contributed by atoms with Gasteiger partial charge >= 0.3 is 5.97 Å². The molecule has 0 aliphatic rings. The molecule has 0 saturated heterocycles. The van der Waals surface area contributed by atoms with Crippen molar-refractivity contribution in [3.05, 3.63) is 41.0 Å². The molecule has 2 aromatic heterocycles. The normalized spacial score (nSPS) is 11.0. The van der Waals surface area contributed by atoms with Crippen molar-refractivity contribution >= 4 is 40.0 Å². The van der Waals surface area contributed by atoms with Gasteiger partial charge in [-0.15, -0.1) is 16.4 Å². The predicted molar refractivity (Wildman–Crippen MR) is 113 cm³/mol. The second-order valence-electron chi connectivity index (χ2n) is 6.42. The van der Waals surface area contributed by atoms with E-state index in [4.69, 9.17) is 4.74 Å². The lowest BCUT2D eigenvalue weighted by molar-refractivity contribution is -0.113. The lowest BCUT2D eigenvalue weighted by Gasteiger charge is -2.09. The predicted octanol–water partition coefficient (Wildman–Crippen LogP) is 4.03. The van der Waals surface area contributed by atoms with Gasteiger partial charge in [-0.2, -0.15) is 0 Å².